The summed E-state index contributed by atoms with van der Waals surface area (Å²) in [7, 11) is 0. The third-order valence-corrected chi connectivity index (χ3v) is 4.35. The molecule has 0 spiro atoms. The molecule has 0 aliphatic carbocycles. The fourth-order valence-electron chi connectivity index (χ4n) is 2.05. The molecule has 1 aliphatic rings. The molecule has 1 heterocycles. The largest absolute Gasteiger partial charge is 0.411 e. The van der Waals surface area contributed by atoms with Gasteiger partial charge >= 0.3 is 0 Å². The van der Waals surface area contributed by atoms with Crippen molar-refractivity contribution in [2.75, 3.05) is 0 Å². The Balaban J connectivity index is 2.21. The van der Waals surface area contributed by atoms with Crippen LogP contribution in [0.1, 0.15) is 11.1 Å². The molecule has 0 saturated carbocycles. The zero-order valence-corrected chi connectivity index (χ0v) is 11.0. The third kappa shape index (κ3) is 2.00. The van der Waals surface area contributed by atoms with E-state index in [1.807, 2.05) is 30.3 Å². The molecule has 1 N–H and O–H groups in total. The summed E-state index contributed by atoms with van der Waals surface area (Å²) >= 11 is 7.70. The van der Waals surface area contributed by atoms with Crippen molar-refractivity contribution in [3.63, 3.8) is 0 Å². The normalized spacial score (nSPS) is 15.9. The maximum Gasteiger partial charge on any atom is 0.0923 e. The first-order valence-corrected chi connectivity index (χ1v) is 6.74. The van der Waals surface area contributed by atoms with Gasteiger partial charge in [0.05, 0.1) is 5.71 Å². The molecule has 2 aromatic carbocycles. The molecule has 2 aromatic rings. The molecule has 0 unspecified atom stereocenters. The smallest absolute Gasteiger partial charge is 0.0923 e. The van der Waals surface area contributed by atoms with Crippen molar-refractivity contribution in [1.82, 2.24) is 0 Å². The number of nitrogens with zero attached hydrogens (tertiary/aromatic N) is 1. The number of fused-ring (bicyclic) bond motifs is 2. The molecule has 0 saturated heterocycles. The van der Waals surface area contributed by atoms with Gasteiger partial charge in [-0.2, -0.15) is 0 Å². The summed E-state index contributed by atoms with van der Waals surface area (Å²) < 4.78 is 0. The first-order valence-electron chi connectivity index (χ1n) is 5.54. The SMILES string of the molecule is ON=C1Cc2ccccc2Sc2ccc(Cl)cc21. The number of halogens is 1. The van der Waals surface area contributed by atoms with Crippen molar-refractivity contribution in [1.29, 1.82) is 0 Å². The van der Waals surface area contributed by atoms with Gasteiger partial charge in [-0.3, -0.25) is 0 Å². The van der Waals surface area contributed by atoms with E-state index in [2.05, 4.69) is 17.3 Å². The van der Waals surface area contributed by atoms with Crippen molar-refractivity contribution < 1.29 is 5.21 Å². The molecule has 0 fully saturated rings. The van der Waals surface area contributed by atoms with Gasteiger partial charge in [-0.15, -0.1) is 0 Å². The summed E-state index contributed by atoms with van der Waals surface area (Å²) in [5, 5.41) is 13.3. The fraction of sp³-hybridized carbons (Fsp3) is 0.0714. The highest BCUT2D eigenvalue weighted by Gasteiger charge is 2.19. The molecule has 18 heavy (non-hydrogen) atoms. The van der Waals surface area contributed by atoms with Crippen molar-refractivity contribution in [3.05, 3.63) is 58.6 Å². The van der Waals surface area contributed by atoms with Gasteiger partial charge in [-0.25, -0.2) is 0 Å². The zero-order chi connectivity index (χ0) is 12.5. The van der Waals surface area contributed by atoms with Crippen LogP contribution in [0.4, 0.5) is 0 Å². The molecule has 0 aromatic heterocycles. The topological polar surface area (TPSA) is 32.6 Å². The highest BCUT2D eigenvalue weighted by atomic mass is 35.5. The standard InChI is InChI=1S/C14H10ClNOS/c15-10-5-6-14-11(8-10)12(16-17)7-9-3-1-2-4-13(9)18-14/h1-6,8,17H,7H2. The van der Waals surface area contributed by atoms with Crippen molar-refractivity contribution in [2.24, 2.45) is 5.16 Å². The summed E-state index contributed by atoms with van der Waals surface area (Å²) in [6, 6.07) is 13.8. The summed E-state index contributed by atoms with van der Waals surface area (Å²) in [6.45, 7) is 0. The second-order valence-corrected chi connectivity index (χ2v) is 5.59. The quantitative estimate of drug-likeness (QED) is 0.577. The molecule has 1 aliphatic heterocycles. The summed E-state index contributed by atoms with van der Waals surface area (Å²) in [5.74, 6) is 0. The average molecular weight is 276 g/mol. The number of hydrogen-bond donors (Lipinski definition) is 1. The molecule has 4 heteroatoms. The van der Waals surface area contributed by atoms with Crippen LogP contribution in [0, 0.1) is 0 Å². The van der Waals surface area contributed by atoms with Crippen molar-refractivity contribution in [3.8, 4) is 0 Å². The van der Waals surface area contributed by atoms with E-state index >= 15 is 0 Å². The minimum atomic E-state index is 0.618. The van der Waals surface area contributed by atoms with Gasteiger partial charge in [0.1, 0.15) is 0 Å². The van der Waals surface area contributed by atoms with Crippen LogP contribution in [0.2, 0.25) is 5.02 Å². The van der Waals surface area contributed by atoms with E-state index in [0.717, 1.165) is 10.5 Å². The van der Waals surface area contributed by atoms with Gasteiger partial charge in [0.2, 0.25) is 0 Å². The second-order valence-electron chi connectivity index (χ2n) is 4.07. The second kappa shape index (κ2) is 4.67. The van der Waals surface area contributed by atoms with Gasteiger partial charge in [-0.05, 0) is 29.8 Å². The Morgan fingerprint density at radius 1 is 1.11 bits per heavy atom. The Morgan fingerprint density at radius 2 is 1.94 bits per heavy atom. The molecule has 0 atom stereocenters. The van der Waals surface area contributed by atoms with Crippen LogP contribution in [0.3, 0.4) is 0 Å². The fourth-order valence-corrected chi connectivity index (χ4v) is 3.30. The van der Waals surface area contributed by atoms with Crippen LogP contribution in [-0.4, -0.2) is 10.9 Å². The Hall–Kier alpha value is -1.45. The molecule has 0 amide bonds. The van der Waals surface area contributed by atoms with Crippen LogP contribution in [0.25, 0.3) is 0 Å². The first-order chi connectivity index (χ1) is 8.78. The van der Waals surface area contributed by atoms with Crippen LogP contribution in [0.5, 0.6) is 0 Å². The number of hydrogen-bond acceptors (Lipinski definition) is 3. The third-order valence-electron chi connectivity index (χ3n) is 2.92. The van der Waals surface area contributed by atoms with Crippen LogP contribution in [0.15, 0.2) is 57.4 Å². The molecule has 2 nitrogen and oxygen atoms in total. The monoisotopic (exact) mass is 275 g/mol. The Morgan fingerprint density at radius 3 is 2.78 bits per heavy atom. The van der Waals surface area contributed by atoms with E-state index in [1.54, 1.807) is 11.8 Å². The van der Waals surface area contributed by atoms with E-state index in [0.29, 0.717) is 17.2 Å². The summed E-state index contributed by atoms with van der Waals surface area (Å²) in [4.78, 5) is 2.26. The van der Waals surface area contributed by atoms with Crippen LogP contribution >= 0.6 is 23.4 Å². The van der Waals surface area contributed by atoms with Crippen molar-refractivity contribution >= 4 is 29.1 Å². The van der Waals surface area contributed by atoms with E-state index in [4.69, 9.17) is 11.6 Å². The lowest BCUT2D eigenvalue weighted by molar-refractivity contribution is 0.318. The lowest BCUT2D eigenvalue weighted by Crippen LogP contribution is -2.05. The molecular weight excluding hydrogens is 266 g/mol. The maximum atomic E-state index is 9.21. The van der Waals surface area contributed by atoms with Crippen LogP contribution < -0.4 is 0 Å². The summed E-state index contributed by atoms with van der Waals surface area (Å²) in [6.07, 6.45) is 0.618. The molecular formula is C14H10ClNOS. The van der Waals surface area contributed by atoms with Crippen molar-refractivity contribution in [2.45, 2.75) is 16.2 Å². The van der Waals surface area contributed by atoms with Gasteiger partial charge in [-0.1, -0.05) is 46.7 Å². The predicted molar refractivity (Wildman–Crippen MR) is 74.0 cm³/mol. The van der Waals surface area contributed by atoms with Gasteiger partial charge in [0.25, 0.3) is 0 Å². The number of oxime groups is 1. The molecule has 90 valence electrons. The molecule has 3 rings (SSSR count). The van der Waals surface area contributed by atoms with E-state index in [-0.39, 0.29) is 0 Å². The highest BCUT2D eigenvalue weighted by Crippen LogP contribution is 2.38. The summed E-state index contributed by atoms with van der Waals surface area (Å²) in [5.41, 5.74) is 2.73. The van der Waals surface area contributed by atoms with Gasteiger partial charge in [0.15, 0.2) is 0 Å². The highest BCUT2D eigenvalue weighted by molar-refractivity contribution is 7.99. The van der Waals surface area contributed by atoms with E-state index in [1.165, 1.54) is 10.5 Å². The minimum absolute atomic E-state index is 0.618. The lowest BCUT2D eigenvalue weighted by atomic mass is 10.0. The zero-order valence-electron chi connectivity index (χ0n) is 9.43. The Bertz CT molecular complexity index is 639. The van der Waals surface area contributed by atoms with E-state index < -0.39 is 0 Å². The minimum Gasteiger partial charge on any atom is -0.411 e. The lowest BCUT2D eigenvalue weighted by Gasteiger charge is -2.05. The number of benzene rings is 2. The van der Waals surface area contributed by atoms with Gasteiger partial charge in [0, 0.05) is 26.8 Å². The van der Waals surface area contributed by atoms with Gasteiger partial charge < -0.3 is 5.21 Å². The average Bonchev–Trinajstić information content (AvgIpc) is 2.54. The first kappa shape index (κ1) is 11.6. The van der Waals surface area contributed by atoms with Crippen LogP contribution in [-0.2, 0) is 6.42 Å². The molecule has 0 bridgehead atoms. The predicted octanol–water partition coefficient (Wildman–Crippen LogP) is 4.23. The Labute approximate surface area is 114 Å². The Kier molecular flexibility index (Phi) is 3.02. The molecule has 0 radical (unpaired) electrons. The number of rotatable bonds is 0. The van der Waals surface area contributed by atoms with E-state index in [9.17, 15) is 5.21 Å². The maximum absolute atomic E-state index is 9.21.